The van der Waals surface area contributed by atoms with E-state index in [9.17, 15) is 9.59 Å². The number of hydrogen-bond donors (Lipinski definition) is 2. The average molecular weight is 318 g/mol. The fourth-order valence-electron chi connectivity index (χ4n) is 2.86. The second kappa shape index (κ2) is 7.99. The minimum Gasteiger partial charge on any atom is -0.497 e. The first-order chi connectivity index (χ1) is 11.0. The van der Waals surface area contributed by atoms with E-state index in [1.807, 2.05) is 13.8 Å². The van der Waals surface area contributed by atoms with Crippen LogP contribution in [0, 0.1) is 5.92 Å². The van der Waals surface area contributed by atoms with E-state index in [4.69, 9.17) is 4.74 Å². The van der Waals surface area contributed by atoms with Crippen molar-refractivity contribution >= 4 is 11.8 Å². The normalized spacial score (nSPS) is 16.2. The van der Waals surface area contributed by atoms with Gasteiger partial charge in [-0.3, -0.25) is 9.59 Å². The van der Waals surface area contributed by atoms with Gasteiger partial charge < -0.3 is 15.4 Å². The van der Waals surface area contributed by atoms with E-state index >= 15 is 0 Å². The molecule has 126 valence electrons. The van der Waals surface area contributed by atoms with Gasteiger partial charge in [-0.05, 0) is 43.0 Å². The number of amides is 2. The van der Waals surface area contributed by atoms with Gasteiger partial charge in [0.15, 0.2) is 0 Å². The SMILES string of the molecule is COc1ccc(C(=O)N[C@H](C(=O)NC2CCCC2)C(C)C)cc1. The molecule has 0 unspecified atom stereocenters. The molecule has 1 aromatic carbocycles. The maximum absolute atomic E-state index is 12.5. The van der Waals surface area contributed by atoms with E-state index in [1.54, 1.807) is 31.4 Å². The fourth-order valence-corrected chi connectivity index (χ4v) is 2.86. The Hall–Kier alpha value is -2.04. The molecule has 1 saturated carbocycles. The molecule has 0 bridgehead atoms. The average Bonchev–Trinajstić information content (AvgIpc) is 3.04. The molecule has 1 atom stereocenters. The van der Waals surface area contributed by atoms with Crippen molar-refractivity contribution in [2.75, 3.05) is 7.11 Å². The molecule has 2 amide bonds. The van der Waals surface area contributed by atoms with Gasteiger partial charge in [-0.2, -0.15) is 0 Å². The predicted molar refractivity (Wildman–Crippen MR) is 89.5 cm³/mol. The van der Waals surface area contributed by atoms with Gasteiger partial charge in [0.25, 0.3) is 5.91 Å². The molecule has 0 heterocycles. The van der Waals surface area contributed by atoms with Gasteiger partial charge in [-0.15, -0.1) is 0 Å². The smallest absolute Gasteiger partial charge is 0.251 e. The number of methoxy groups -OCH3 is 1. The van der Waals surface area contributed by atoms with Crippen molar-refractivity contribution in [3.05, 3.63) is 29.8 Å². The summed E-state index contributed by atoms with van der Waals surface area (Å²) in [5.74, 6) is 0.390. The second-order valence-electron chi connectivity index (χ2n) is 6.41. The number of nitrogens with one attached hydrogen (secondary N) is 2. The highest BCUT2D eigenvalue weighted by molar-refractivity contribution is 5.97. The molecule has 23 heavy (non-hydrogen) atoms. The Bertz CT molecular complexity index is 534. The molecule has 1 aromatic rings. The maximum atomic E-state index is 12.5. The Kier molecular flexibility index (Phi) is 6.02. The first kappa shape index (κ1) is 17.3. The molecule has 1 fully saturated rings. The zero-order chi connectivity index (χ0) is 16.8. The van der Waals surface area contributed by atoms with Gasteiger partial charge in [0.2, 0.25) is 5.91 Å². The van der Waals surface area contributed by atoms with E-state index < -0.39 is 6.04 Å². The van der Waals surface area contributed by atoms with E-state index in [0.717, 1.165) is 25.7 Å². The van der Waals surface area contributed by atoms with E-state index in [0.29, 0.717) is 11.3 Å². The van der Waals surface area contributed by atoms with Gasteiger partial charge in [-0.1, -0.05) is 26.7 Å². The quantitative estimate of drug-likeness (QED) is 0.847. The van der Waals surface area contributed by atoms with Crippen molar-refractivity contribution in [3.8, 4) is 5.75 Å². The molecule has 0 aromatic heterocycles. The fraction of sp³-hybridized carbons (Fsp3) is 0.556. The summed E-state index contributed by atoms with van der Waals surface area (Å²) < 4.78 is 5.08. The number of benzene rings is 1. The highest BCUT2D eigenvalue weighted by atomic mass is 16.5. The van der Waals surface area contributed by atoms with Crippen LogP contribution in [0.4, 0.5) is 0 Å². The Morgan fingerprint density at radius 1 is 1.13 bits per heavy atom. The number of rotatable bonds is 6. The van der Waals surface area contributed by atoms with Gasteiger partial charge in [0.05, 0.1) is 7.11 Å². The van der Waals surface area contributed by atoms with E-state index in [-0.39, 0.29) is 23.8 Å². The van der Waals surface area contributed by atoms with Crippen LogP contribution in [0.1, 0.15) is 49.9 Å². The van der Waals surface area contributed by atoms with E-state index in [2.05, 4.69) is 10.6 Å². The minimum absolute atomic E-state index is 0.0265. The highest BCUT2D eigenvalue weighted by Crippen LogP contribution is 2.18. The Labute approximate surface area is 137 Å². The summed E-state index contributed by atoms with van der Waals surface area (Å²) in [5, 5.41) is 5.91. The summed E-state index contributed by atoms with van der Waals surface area (Å²) in [6.07, 6.45) is 4.39. The van der Waals surface area contributed by atoms with Crippen molar-refractivity contribution in [1.29, 1.82) is 0 Å². The van der Waals surface area contributed by atoms with Crippen molar-refractivity contribution in [2.24, 2.45) is 5.92 Å². The Morgan fingerprint density at radius 2 is 1.74 bits per heavy atom. The highest BCUT2D eigenvalue weighted by Gasteiger charge is 2.27. The summed E-state index contributed by atoms with van der Waals surface area (Å²) in [6, 6.07) is 6.59. The monoisotopic (exact) mass is 318 g/mol. The van der Waals surface area contributed by atoms with Crippen LogP contribution in [-0.2, 0) is 4.79 Å². The maximum Gasteiger partial charge on any atom is 0.251 e. The molecule has 5 nitrogen and oxygen atoms in total. The van der Waals surface area contributed by atoms with Crippen molar-refractivity contribution in [1.82, 2.24) is 10.6 Å². The predicted octanol–water partition coefficient (Wildman–Crippen LogP) is 2.51. The molecule has 1 aliphatic rings. The Morgan fingerprint density at radius 3 is 2.26 bits per heavy atom. The van der Waals surface area contributed by atoms with Gasteiger partial charge in [-0.25, -0.2) is 0 Å². The lowest BCUT2D eigenvalue weighted by molar-refractivity contribution is -0.124. The first-order valence-corrected chi connectivity index (χ1v) is 8.26. The molecular weight excluding hydrogens is 292 g/mol. The molecular formula is C18H26N2O3. The summed E-state index contributed by atoms with van der Waals surface area (Å²) in [7, 11) is 1.58. The molecule has 2 N–H and O–H groups in total. The zero-order valence-corrected chi connectivity index (χ0v) is 14.1. The summed E-state index contributed by atoms with van der Waals surface area (Å²) in [6.45, 7) is 3.88. The van der Waals surface area contributed by atoms with Crippen LogP contribution in [-0.4, -0.2) is 31.0 Å². The summed E-state index contributed by atoms with van der Waals surface area (Å²) >= 11 is 0. The van der Waals surface area contributed by atoms with Crippen LogP contribution in [0.25, 0.3) is 0 Å². The molecule has 2 rings (SSSR count). The number of ether oxygens (including phenoxy) is 1. The van der Waals surface area contributed by atoms with Crippen LogP contribution >= 0.6 is 0 Å². The molecule has 1 aliphatic carbocycles. The van der Waals surface area contributed by atoms with Crippen molar-refractivity contribution < 1.29 is 14.3 Å². The number of carbonyl (C=O) groups is 2. The second-order valence-corrected chi connectivity index (χ2v) is 6.41. The van der Waals surface area contributed by atoms with Crippen molar-refractivity contribution in [2.45, 2.75) is 51.6 Å². The van der Waals surface area contributed by atoms with E-state index in [1.165, 1.54) is 0 Å². The lowest BCUT2D eigenvalue weighted by Crippen LogP contribution is -2.51. The van der Waals surface area contributed by atoms with Gasteiger partial charge in [0, 0.05) is 11.6 Å². The van der Waals surface area contributed by atoms with Crippen LogP contribution in [0.15, 0.2) is 24.3 Å². The third-order valence-corrected chi connectivity index (χ3v) is 4.29. The zero-order valence-electron chi connectivity index (χ0n) is 14.1. The first-order valence-electron chi connectivity index (χ1n) is 8.26. The topological polar surface area (TPSA) is 67.4 Å². The molecule has 0 aliphatic heterocycles. The Balaban J connectivity index is 1.99. The van der Waals surface area contributed by atoms with Crippen LogP contribution in [0.2, 0.25) is 0 Å². The number of carbonyl (C=O) groups excluding carboxylic acids is 2. The van der Waals surface area contributed by atoms with Gasteiger partial charge >= 0.3 is 0 Å². The standard InChI is InChI=1S/C18H26N2O3/c1-12(2)16(18(22)19-14-6-4-5-7-14)20-17(21)13-8-10-15(23-3)11-9-13/h8-12,14,16H,4-7H2,1-3H3,(H,19,22)(H,20,21)/t16-/m0/s1. The molecule has 0 saturated heterocycles. The number of hydrogen-bond acceptors (Lipinski definition) is 3. The third-order valence-electron chi connectivity index (χ3n) is 4.29. The largest absolute Gasteiger partial charge is 0.497 e. The van der Waals surface area contributed by atoms with Crippen LogP contribution in [0.3, 0.4) is 0 Å². The van der Waals surface area contributed by atoms with Gasteiger partial charge in [0.1, 0.15) is 11.8 Å². The minimum atomic E-state index is -0.523. The lowest BCUT2D eigenvalue weighted by Gasteiger charge is -2.24. The molecule has 0 spiro atoms. The van der Waals surface area contributed by atoms with Crippen LogP contribution < -0.4 is 15.4 Å². The summed E-state index contributed by atoms with van der Waals surface area (Å²) in [5.41, 5.74) is 0.519. The summed E-state index contributed by atoms with van der Waals surface area (Å²) in [4.78, 5) is 24.8. The van der Waals surface area contributed by atoms with Crippen LogP contribution in [0.5, 0.6) is 5.75 Å². The molecule has 5 heteroatoms. The third kappa shape index (κ3) is 4.71. The lowest BCUT2D eigenvalue weighted by atomic mass is 10.0. The molecule has 0 radical (unpaired) electrons. The van der Waals surface area contributed by atoms with Crippen molar-refractivity contribution in [3.63, 3.8) is 0 Å².